The van der Waals surface area contributed by atoms with Gasteiger partial charge in [0.1, 0.15) is 11.5 Å². The van der Waals surface area contributed by atoms with Crippen molar-refractivity contribution in [2.45, 2.75) is 23.2 Å². The average molecular weight is 608 g/mol. The fraction of sp³-hybridized carbons (Fsp3) is 0.0938. The number of hydrogen-bond acceptors (Lipinski definition) is 4. The van der Waals surface area contributed by atoms with E-state index in [1.165, 1.54) is 36.4 Å². The summed E-state index contributed by atoms with van der Waals surface area (Å²) in [6.07, 6.45) is -3.31. The maximum atomic E-state index is 14.4. The van der Waals surface area contributed by atoms with Crippen LogP contribution in [0.2, 0.25) is 0 Å². The molecule has 0 radical (unpaired) electrons. The van der Waals surface area contributed by atoms with Crippen LogP contribution in [0.25, 0.3) is 6.08 Å². The van der Waals surface area contributed by atoms with E-state index >= 15 is 0 Å². The lowest BCUT2D eigenvalue weighted by molar-refractivity contribution is -0.137. The molecule has 11 heteroatoms. The number of nitrogens with one attached hydrogen (secondary N) is 3. The molecule has 1 atom stereocenters. The van der Waals surface area contributed by atoms with E-state index < -0.39 is 40.5 Å². The summed E-state index contributed by atoms with van der Waals surface area (Å²) >= 11 is 1.12. The van der Waals surface area contributed by atoms with Crippen molar-refractivity contribution in [3.8, 4) is 0 Å². The van der Waals surface area contributed by atoms with Gasteiger partial charge in [-0.1, -0.05) is 48.5 Å². The van der Waals surface area contributed by atoms with Crippen molar-refractivity contribution in [2.24, 2.45) is 0 Å². The quantitative estimate of drug-likeness (QED) is 0.105. The lowest BCUT2D eigenvalue weighted by Crippen LogP contribution is -2.30. The Labute approximate surface area is 249 Å². The maximum Gasteiger partial charge on any atom is 0.416 e. The topological polar surface area (TPSA) is 87.3 Å². The van der Waals surface area contributed by atoms with E-state index in [0.29, 0.717) is 16.1 Å². The number of amides is 3. The Morgan fingerprint density at radius 1 is 0.791 bits per heavy atom. The third-order valence-electron chi connectivity index (χ3n) is 5.97. The number of hydrogen-bond donors (Lipinski definition) is 3. The molecule has 0 spiro atoms. The minimum absolute atomic E-state index is 0.0139. The van der Waals surface area contributed by atoms with Crippen LogP contribution >= 0.6 is 11.8 Å². The van der Waals surface area contributed by atoms with Gasteiger partial charge < -0.3 is 16.0 Å². The molecule has 4 aromatic rings. The summed E-state index contributed by atoms with van der Waals surface area (Å²) in [6.45, 7) is 1.59. The molecular formula is C32H25F4N3O3S. The molecule has 3 N–H and O–H groups in total. The lowest BCUT2D eigenvalue weighted by Gasteiger charge is -2.15. The van der Waals surface area contributed by atoms with Gasteiger partial charge in [0, 0.05) is 27.4 Å². The van der Waals surface area contributed by atoms with E-state index in [1.54, 1.807) is 67.6 Å². The molecule has 6 nitrogen and oxygen atoms in total. The average Bonchev–Trinajstić information content (AvgIpc) is 2.98. The summed E-state index contributed by atoms with van der Waals surface area (Å²) in [6, 6.07) is 24.8. The largest absolute Gasteiger partial charge is 0.416 e. The molecule has 3 amide bonds. The molecule has 0 aliphatic rings. The van der Waals surface area contributed by atoms with Gasteiger partial charge in [0.25, 0.3) is 11.8 Å². The monoisotopic (exact) mass is 607 g/mol. The van der Waals surface area contributed by atoms with E-state index in [4.69, 9.17) is 0 Å². The third kappa shape index (κ3) is 8.79. The Kier molecular flexibility index (Phi) is 9.99. The van der Waals surface area contributed by atoms with E-state index in [0.717, 1.165) is 23.9 Å². The van der Waals surface area contributed by atoms with Crippen molar-refractivity contribution in [1.29, 1.82) is 0 Å². The van der Waals surface area contributed by atoms with Gasteiger partial charge in [-0.05, 0) is 67.6 Å². The Morgan fingerprint density at radius 2 is 1.44 bits per heavy atom. The van der Waals surface area contributed by atoms with Crippen molar-refractivity contribution < 1.29 is 31.9 Å². The zero-order valence-electron chi connectivity index (χ0n) is 22.6. The Morgan fingerprint density at radius 3 is 2.14 bits per heavy atom. The highest BCUT2D eigenvalue weighted by molar-refractivity contribution is 8.00. The number of anilines is 2. The van der Waals surface area contributed by atoms with E-state index in [2.05, 4.69) is 16.0 Å². The summed E-state index contributed by atoms with van der Waals surface area (Å²) in [5.74, 6) is -2.39. The number of carbonyl (C=O) groups is 3. The molecule has 0 aliphatic heterocycles. The van der Waals surface area contributed by atoms with Gasteiger partial charge in [-0.25, -0.2) is 4.39 Å². The van der Waals surface area contributed by atoms with Crippen LogP contribution in [-0.4, -0.2) is 23.0 Å². The molecule has 0 bridgehead atoms. The summed E-state index contributed by atoms with van der Waals surface area (Å²) < 4.78 is 53.4. The van der Waals surface area contributed by atoms with Gasteiger partial charge in [-0.15, -0.1) is 11.8 Å². The molecule has 0 saturated heterocycles. The predicted octanol–water partition coefficient (Wildman–Crippen LogP) is 7.37. The minimum atomic E-state index is -4.54. The van der Waals surface area contributed by atoms with Gasteiger partial charge in [0.15, 0.2) is 0 Å². The highest BCUT2D eigenvalue weighted by Crippen LogP contribution is 2.31. The van der Waals surface area contributed by atoms with Crippen LogP contribution in [0.4, 0.5) is 28.9 Å². The molecule has 0 aromatic heterocycles. The Balaban J connectivity index is 1.47. The molecule has 4 aromatic carbocycles. The van der Waals surface area contributed by atoms with E-state index in [1.807, 2.05) is 0 Å². The first-order valence-electron chi connectivity index (χ1n) is 12.9. The third-order valence-corrected chi connectivity index (χ3v) is 7.06. The molecule has 0 fully saturated rings. The zero-order chi connectivity index (χ0) is 31.0. The molecule has 4 rings (SSSR count). The normalized spacial score (nSPS) is 12.3. The number of alkyl halides is 3. The van der Waals surface area contributed by atoms with Gasteiger partial charge in [0.2, 0.25) is 5.91 Å². The smallest absolute Gasteiger partial charge is 0.325 e. The Hall–Kier alpha value is -4.90. The van der Waals surface area contributed by atoms with Crippen LogP contribution < -0.4 is 16.0 Å². The van der Waals surface area contributed by atoms with Crippen LogP contribution in [0.15, 0.2) is 114 Å². The van der Waals surface area contributed by atoms with Crippen LogP contribution in [0.3, 0.4) is 0 Å². The SMILES string of the molecule is CC(Sc1cccc(NC(=O)/C(=C/c2ccccc2F)NC(=O)c2ccccc2)c1)C(=O)Nc1cccc(C(F)(F)F)c1. The first-order valence-corrected chi connectivity index (χ1v) is 13.8. The molecule has 1 unspecified atom stereocenters. The first kappa shape index (κ1) is 31.0. The summed E-state index contributed by atoms with van der Waals surface area (Å²) in [5, 5.41) is 7.00. The standard InChI is InChI=1S/C32H25F4N3O3S/c1-20(29(40)37-24-13-7-12-23(18-24)32(34,35)36)43-26-15-8-14-25(19-26)38-31(42)28(17-22-11-5-6-16-27(22)33)39-30(41)21-9-3-2-4-10-21/h2-20H,1H3,(H,37,40)(H,38,42)(H,39,41)/b28-17-. The first-order chi connectivity index (χ1) is 20.5. The number of carbonyl (C=O) groups excluding carboxylic acids is 3. The van der Waals surface area contributed by atoms with Crippen molar-refractivity contribution in [3.63, 3.8) is 0 Å². The summed E-state index contributed by atoms with van der Waals surface area (Å²) in [7, 11) is 0. The van der Waals surface area contributed by atoms with Crippen LogP contribution in [-0.2, 0) is 15.8 Å². The molecular weight excluding hydrogens is 582 g/mol. The van der Waals surface area contributed by atoms with Gasteiger partial charge >= 0.3 is 6.18 Å². The van der Waals surface area contributed by atoms with Crippen molar-refractivity contribution in [3.05, 3.63) is 131 Å². The number of halogens is 4. The fourth-order valence-electron chi connectivity index (χ4n) is 3.81. The summed E-state index contributed by atoms with van der Waals surface area (Å²) in [4.78, 5) is 39.3. The van der Waals surface area contributed by atoms with Gasteiger partial charge in [0.05, 0.1) is 10.8 Å². The maximum absolute atomic E-state index is 14.4. The van der Waals surface area contributed by atoms with Crippen molar-refractivity contribution in [1.82, 2.24) is 5.32 Å². The highest BCUT2D eigenvalue weighted by Gasteiger charge is 2.30. The van der Waals surface area contributed by atoms with E-state index in [9.17, 15) is 31.9 Å². The second kappa shape index (κ2) is 13.8. The van der Waals surface area contributed by atoms with Gasteiger partial charge in [-0.2, -0.15) is 13.2 Å². The number of thioether (sulfide) groups is 1. The molecule has 0 saturated carbocycles. The molecule has 0 heterocycles. The summed E-state index contributed by atoms with van der Waals surface area (Å²) in [5.41, 5.74) is -0.353. The fourth-order valence-corrected chi connectivity index (χ4v) is 4.74. The van der Waals surface area contributed by atoms with Crippen LogP contribution in [0.1, 0.15) is 28.4 Å². The predicted molar refractivity (Wildman–Crippen MR) is 159 cm³/mol. The minimum Gasteiger partial charge on any atom is -0.325 e. The molecule has 0 aliphatic carbocycles. The second-order valence-electron chi connectivity index (χ2n) is 9.21. The Bertz CT molecular complexity index is 1660. The van der Waals surface area contributed by atoms with Crippen LogP contribution in [0, 0.1) is 5.82 Å². The number of rotatable bonds is 9. The van der Waals surface area contributed by atoms with Crippen molar-refractivity contribution >= 4 is 46.9 Å². The molecule has 220 valence electrons. The highest BCUT2D eigenvalue weighted by atomic mass is 32.2. The van der Waals surface area contributed by atoms with Crippen LogP contribution in [0.5, 0.6) is 0 Å². The van der Waals surface area contributed by atoms with E-state index in [-0.39, 0.29) is 16.9 Å². The second-order valence-corrected chi connectivity index (χ2v) is 10.6. The number of benzene rings is 4. The lowest BCUT2D eigenvalue weighted by atomic mass is 10.1. The van der Waals surface area contributed by atoms with Gasteiger partial charge in [-0.3, -0.25) is 14.4 Å². The zero-order valence-corrected chi connectivity index (χ0v) is 23.4. The molecule has 43 heavy (non-hydrogen) atoms. The van der Waals surface area contributed by atoms with Crippen molar-refractivity contribution in [2.75, 3.05) is 10.6 Å².